The van der Waals surface area contributed by atoms with E-state index >= 15 is 0 Å². The highest BCUT2D eigenvalue weighted by atomic mass is 16.5. The molecule has 4 saturated heterocycles. The smallest absolute Gasteiger partial charge is 0.306 e. The first kappa shape index (κ1) is 24.2. The largest absolute Gasteiger partial charge is 0.459 e. The number of pyridine rings is 1. The van der Waals surface area contributed by atoms with Gasteiger partial charge in [-0.1, -0.05) is 25.8 Å². The van der Waals surface area contributed by atoms with Crippen molar-refractivity contribution in [2.45, 2.75) is 63.8 Å². The van der Waals surface area contributed by atoms with Gasteiger partial charge in [0, 0.05) is 45.3 Å². The fraction of sp³-hybridized carbons (Fsp3) is 0.692. The van der Waals surface area contributed by atoms with Crippen LogP contribution in [0, 0.1) is 11.8 Å². The fourth-order valence-corrected chi connectivity index (χ4v) is 6.04. The summed E-state index contributed by atoms with van der Waals surface area (Å²) in [6.45, 7) is 5.96. The van der Waals surface area contributed by atoms with Crippen LogP contribution in [-0.4, -0.2) is 90.1 Å². The van der Waals surface area contributed by atoms with Gasteiger partial charge in [0.2, 0.25) is 11.8 Å². The lowest BCUT2D eigenvalue weighted by Crippen LogP contribution is -2.51. The summed E-state index contributed by atoms with van der Waals surface area (Å²) < 4.78 is 11.7. The predicted molar refractivity (Wildman–Crippen MR) is 129 cm³/mol. The van der Waals surface area contributed by atoms with Crippen LogP contribution in [0.25, 0.3) is 0 Å². The van der Waals surface area contributed by atoms with Gasteiger partial charge >= 0.3 is 5.97 Å². The number of unbranched alkanes of at least 4 members (excludes halogenated alkanes) is 2. The zero-order chi connectivity index (χ0) is 24.4. The predicted octanol–water partition coefficient (Wildman–Crippen LogP) is 1.86. The Labute approximate surface area is 206 Å². The van der Waals surface area contributed by atoms with E-state index in [4.69, 9.17) is 9.47 Å². The molecule has 2 bridgehead atoms. The summed E-state index contributed by atoms with van der Waals surface area (Å²) in [5.74, 6) is -0.312. The molecule has 5 rings (SSSR count). The average Bonchev–Trinajstić information content (AvgIpc) is 3.55. The molecule has 0 spiro atoms. The molecule has 0 aliphatic carbocycles. The van der Waals surface area contributed by atoms with E-state index in [1.54, 1.807) is 6.20 Å². The number of imide groups is 1. The first-order valence-electron chi connectivity index (χ1n) is 13.1. The van der Waals surface area contributed by atoms with Gasteiger partial charge in [-0.3, -0.25) is 24.2 Å². The maximum atomic E-state index is 13.2. The number of anilines is 1. The van der Waals surface area contributed by atoms with Gasteiger partial charge in [0.25, 0.3) is 0 Å². The van der Waals surface area contributed by atoms with Gasteiger partial charge in [-0.05, 0) is 31.4 Å². The Morgan fingerprint density at radius 2 is 1.77 bits per heavy atom. The SMILES string of the molecule is CCCCCC(=O)OC(CN1CCN(c2ccccn2)CC1)CN1C(=O)C2C3CCC(O3)C2C1=O. The van der Waals surface area contributed by atoms with Crippen LogP contribution in [0.15, 0.2) is 24.4 Å². The molecule has 5 heterocycles. The van der Waals surface area contributed by atoms with Crippen LogP contribution in [0.5, 0.6) is 0 Å². The molecule has 0 radical (unpaired) electrons. The number of carbonyl (C=O) groups is 3. The van der Waals surface area contributed by atoms with Crippen molar-refractivity contribution >= 4 is 23.6 Å². The highest BCUT2D eigenvalue weighted by Crippen LogP contribution is 2.48. The maximum Gasteiger partial charge on any atom is 0.306 e. The molecule has 4 aliphatic rings. The minimum Gasteiger partial charge on any atom is -0.459 e. The van der Waals surface area contributed by atoms with Gasteiger partial charge in [0.1, 0.15) is 11.9 Å². The first-order chi connectivity index (χ1) is 17.0. The van der Waals surface area contributed by atoms with E-state index in [0.29, 0.717) is 13.0 Å². The lowest BCUT2D eigenvalue weighted by Gasteiger charge is -2.37. The van der Waals surface area contributed by atoms with Crippen LogP contribution >= 0.6 is 0 Å². The number of esters is 1. The van der Waals surface area contributed by atoms with Crippen molar-refractivity contribution in [2.24, 2.45) is 11.8 Å². The van der Waals surface area contributed by atoms with E-state index < -0.39 is 6.10 Å². The number of fused-ring (bicyclic) bond motifs is 5. The van der Waals surface area contributed by atoms with E-state index in [0.717, 1.165) is 64.1 Å². The molecule has 5 atom stereocenters. The van der Waals surface area contributed by atoms with E-state index in [2.05, 4.69) is 21.7 Å². The van der Waals surface area contributed by atoms with Gasteiger partial charge in [-0.2, -0.15) is 0 Å². The topological polar surface area (TPSA) is 92.3 Å². The van der Waals surface area contributed by atoms with Crippen molar-refractivity contribution in [3.8, 4) is 0 Å². The van der Waals surface area contributed by atoms with E-state index in [1.807, 2.05) is 18.2 Å². The van der Waals surface area contributed by atoms with Crippen molar-refractivity contribution < 1.29 is 23.9 Å². The third kappa shape index (κ3) is 5.07. The molecule has 5 unspecified atom stereocenters. The number of carbonyl (C=O) groups excluding carboxylic acids is 3. The Morgan fingerprint density at radius 1 is 1.06 bits per heavy atom. The number of hydrogen-bond donors (Lipinski definition) is 0. The second kappa shape index (κ2) is 10.6. The summed E-state index contributed by atoms with van der Waals surface area (Å²) in [6.07, 6.45) is 5.83. The molecule has 0 N–H and O–H groups in total. The quantitative estimate of drug-likeness (QED) is 0.282. The highest BCUT2D eigenvalue weighted by Gasteiger charge is 2.62. The number of amides is 2. The van der Waals surface area contributed by atoms with Gasteiger partial charge in [0.05, 0.1) is 30.6 Å². The van der Waals surface area contributed by atoms with Crippen molar-refractivity contribution in [1.82, 2.24) is 14.8 Å². The van der Waals surface area contributed by atoms with Crippen molar-refractivity contribution in [1.29, 1.82) is 0 Å². The minimum absolute atomic E-state index is 0.129. The molecule has 35 heavy (non-hydrogen) atoms. The number of rotatable bonds is 10. The number of likely N-dealkylation sites (tertiary alicyclic amines) is 1. The zero-order valence-corrected chi connectivity index (χ0v) is 20.5. The Hall–Kier alpha value is -2.52. The second-order valence-electron chi connectivity index (χ2n) is 10.2. The van der Waals surface area contributed by atoms with E-state index in [9.17, 15) is 14.4 Å². The molecular weight excluding hydrogens is 448 g/mol. The molecule has 0 aromatic carbocycles. The van der Waals surface area contributed by atoms with Gasteiger partial charge < -0.3 is 14.4 Å². The van der Waals surface area contributed by atoms with Crippen molar-refractivity contribution in [3.05, 3.63) is 24.4 Å². The summed E-state index contributed by atoms with van der Waals surface area (Å²) in [4.78, 5) is 49.2. The van der Waals surface area contributed by atoms with Gasteiger partial charge in [-0.25, -0.2) is 4.98 Å². The molecule has 4 fully saturated rings. The lowest BCUT2D eigenvalue weighted by molar-refractivity contribution is -0.156. The number of hydrogen-bond acceptors (Lipinski definition) is 8. The van der Waals surface area contributed by atoms with Gasteiger partial charge in [-0.15, -0.1) is 0 Å². The molecule has 1 aromatic heterocycles. The molecule has 2 amide bonds. The van der Waals surface area contributed by atoms with Crippen molar-refractivity contribution in [2.75, 3.05) is 44.2 Å². The molecule has 9 heteroatoms. The Balaban J connectivity index is 1.22. The summed E-state index contributed by atoms with van der Waals surface area (Å²) in [5.41, 5.74) is 0. The van der Waals surface area contributed by atoms with Crippen LogP contribution in [0.3, 0.4) is 0 Å². The van der Waals surface area contributed by atoms with E-state index in [1.165, 1.54) is 4.90 Å². The minimum atomic E-state index is -0.532. The Bertz CT molecular complexity index is 892. The maximum absolute atomic E-state index is 13.2. The number of ether oxygens (including phenoxy) is 2. The molecule has 190 valence electrons. The van der Waals surface area contributed by atoms with Crippen LogP contribution < -0.4 is 4.90 Å². The van der Waals surface area contributed by atoms with Crippen LogP contribution in [0.2, 0.25) is 0 Å². The number of piperazine rings is 1. The standard InChI is InChI=1S/C26H36N4O5/c1-2-3-4-8-22(31)34-18(16-28-12-14-29(15-13-28)21-7-5-6-11-27-21)17-30-25(32)23-19-9-10-20(35-19)24(23)26(30)33/h5-7,11,18-20,23-24H,2-4,8-10,12-17H2,1H3. The van der Waals surface area contributed by atoms with Crippen molar-refractivity contribution in [3.63, 3.8) is 0 Å². The second-order valence-corrected chi connectivity index (χ2v) is 10.2. The zero-order valence-electron chi connectivity index (χ0n) is 20.5. The monoisotopic (exact) mass is 484 g/mol. The highest BCUT2D eigenvalue weighted by molar-refractivity contribution is 6.06. The third-order valence-corrected chi connectivity index (χ3v) is 7.85. The number of aromatic nitrogens is 1. The average molecular weight is 485 g/mol. The summed E-state index contributed by atoms with van der Waals surface area (Å²) in [7, 11) is 0. The van der Waals surface area contributed by atoms with E-state index in [-0.39, 0.29) is 48.4 Å². The van der Waals surface area contributed by atoms with Gasteiger partial charge in [0.15, 0.2) is 0 Å². The van der Waals surface area contributed by atoms with Crippen LogP contribution in [0.1, 0.15) is 45.4 Å². The summed E-state index contributed by atoms with van der Waals surface area (Å²) in [6, 6.07) is 5.90. The molecule has 4 aliphatic heterocycles. The molecular formula is C26H36N4O5. The molecule has 0 saturated carbocycles. The molecule has 1 aromatic rings. The molecule has 9 nitrogen and oxygen atoms in total. The number of nitrogens with zero attached hydrogens (tertiary/aromatic N) is 4. The summed E-state index contributed by atoms with van der Waals surface area (Å²) >= 11 is 0. The van der Waals surface area contributed by atoms with Crippen LogP contribution in [-0.2, 0) is 23.9 Å². The Morgan fingerprint density at radius 3 is 2.40 bits per heavy atom. The summed E-state index contributed by atoms with van der Waals surface area (Å²) in [5, 5.41) is 0. The lowest BCUT2D eigenvalue weighted by atomic mass is 9.81. The van der Waals surface area contributed by atoms with Crippen LogP contribution in [0.4, 0.5) is 5.82 Å². The third-order valence-electron chi connectivity index (χ3n) is 7.85. The normalized spacial score (nSPS) is 29.1. The fourth-order valence-electron chi connectivity index (χ4n) is 6.04. The first-order valence-corrected chi connectivity index (χ1v) is 13.1. The Kier molecular flexibility index (Phi) is 7.34.